The maximum Gasteiger partial charge on any atom is 0.338 e. The summed E-state index contributed by atoms with van der Waals surface area (Å²) in [5.74, 6) is -0.519. The second-order valence-corrected chi connectivity index (χ2v) is 6.59. The second kappa shape index (κ2) is 16.4. The van der Waals surface area contributed by atoms with Gasteiger partial charge in [0.1, 0.15) is 0 Å². The van der Waals surface area contributed by atoms with E-state index in [0.29, 0.717) is 12.2 Å². The molecule has 0 aliphatic carbocycles. The molecule has 0 atom stereocenters. The van der Waals surface area contributed by atoms with Crippen LogP contribution in [0.5, 0.6) is 0 Å². The van der Waals surface area contributed by atoms with Crippen molar-refractivity contribution in [2.75, 3.05) is 6.61 Å². The molecule has 26 heavy (non-hydrogen) atoms. The van der Waals surface area contributed by atoms with Crippen LogP contribution in [0, 0.1) is 12.3 Å². The van der Waals surface area contributed by atoms with Gasteiger partial charge in [-0.3, -0.25) is 5.41 Å². The molecule has 0 heterocycles. The number of esters is 1. The Kier molecular flexibility index (Phi) is 15.1. The third-order valence-electron chi connectivity index (χ3n) is 4.10. The summed E-state index contributed by atoms with van der Waals surface area (Å²) in [7, 11) is 0. The highest BCUT2D eigenvalue weighted by Gasteiger charge is 2.08. The molecule has 0 spiro atoms. The quantitative estimate of drug-likeness (QED) is 0.212. The second-order valence-electron chi connectivity index (χ2n) is 6.59. The van der Waals surface area contributed by atoms with Gasteiger partial charge in [0.25, 0.3) is 0 Å². The third-order valence-corrected chi connectivity index (χ3v) is 4.10. The lowest BCUT2D eigenvalue weighted by molar-refractivity contribution is 0.0497. The molecule has 5 heteroatoms. The van der Waals surface area contributed by atoms with E-state index in [0.717, 1.165) is 18.4 Å². The van der Waals surface area contributed by atoms with E-state index < -0.39 is 0 Å². The molecule has 0 bridgehead atoms. The van der Waals surface area contributed by atoms with Crippen LogP contribution in [0.2, 0.25) is 0 Å². The first-order chi connectivity index (χ1) is 12.5. The monoisotopic (exact) mass is 363 g/mol. The van der Waals surface area contributed by atoms with Gasteiger partial charge in [-0.15, -0.1) is 0 Å². The van der Waals surface area contributed by atoms with Gasteiger partial charge >= 0.3 is 5.97 Å². The number of hydrogen-bond donors (Lipinski definition) is 3. The molecule has 0 saturated heterocycles. The number of hydrogen-bond acceptors (Lipinski definition) is 3. The summed E-state index contributed by atoms with van der Waals surface area (Å²) in [6.45, 7) is 4.74. The predicted octanol–water partition coefficient (Wildman–Crippen LogP) is 4.91. The fraction of sp³-hybridized carbons (Fsp3) is 0.619. The smallest absolute Gasteiger partial charge is 0.338 e. The maximum absolute atomic E-state index is 11.9. The van der Waals surface area contributed by atoms with Crippen LogP contribution in [-0.2, 0) is 4.74 Å². The lowest BCUT2D eigenvalue weighted by atomic mass is 10.1. The topological polar surface area (TPSA) is 102 Å². The molecule has 0 aliphatic rings. The molecule has 0 aromatic heterocycles. The molecule has 0 fully saturated rings. The van der Waals surface area contributed by atoms with Crippen LogP contribution in [0.15, 0.2) is 24.3 Å². The Bertz CT molecular complexity index is 500. The summed E-state index contributed by atoms with van der Waals surface area (Å²) in [5.41, 5.74) is 10.6. The largest absolute Gasteiger partial charge is 0.462 e. The van der Waals surface area contributed by atoms with Gasteiger partial charge in [-0.25, -0.2) is 4.79 Å². The molecule has 148 valence electrons. The number of rotatable bonds is 12. The molecule has 5 N–H and O–H groups in total. The van der Waals surface area contributed by atoms with Gasteiger partial charge in [0.05, 0.1) is 12.2 Å². The number of carbonyl (C=O) groups excluding carboxylic acids is 1. The van der Waals surface area contributed by atoms with Crippen molar-refractivity contribution in [3.8, 4) is 0 Å². The van der Waals surface area contributed by atoms with Crippen molar-refractivity contribution in [3.63, 3.8) is 0 Å². The van der Waals surface area contributed by atoms with E-state index in [2.05, 4.69) is 18.4 Å². The number of benzene rings is 1. The summed E-state index contributed by atoms with van der Waals surface area (Å²) >= 11 is 0. The van der Waals surface area contributed by atoms with E-state index in [9.17, 15) is 4.79 Å². The molecular formula is C21H37N3O2. The molecule has 0 aliphatic heterocycles. The minimum atomic E-state index is -0.333. The zero-order valence-electron chi connectivity index (χ0n) is 16.6. The molecule has 0 amide bonds. The van der Waals surface area contributed by atoms with Gasteiger partial charge in [-0.05, 0) is 25.0 Å². The van der Waals surface area contributed by atoms with Gasteiger partial charge in [-0.2, -0.15) is 0 Å². The minimum absolute atomic E-state index is 0.186. The zero-order chi connectivity index (χ0) is 19.6. The van der Waals surface area contributed by atoms with Gasteiger partial charge in [0.2, 0.25) is 0 Å². The van der Waals surface area contributed by atoms with Crippen LogP contribution in [0.4, 0.5) is 0 Å². The predicted molar refractivity (Wildman–Crippen MR) is 109 cm³/mol. The minimum Gasteiger partial charge on any atom is -0.462 e. The molecule has 0 radical (unpaired) electrons. The number of aryl methyl sites for hydroxylation is 1. The SMILES string of the molecule is CCCCCCCCCCCCOC(=O)c1ccccc1C.N=C(N)N. The van der Waals surface area contributed by atoms with Gasteiger partial charge in [0.15, 0.2) is 5.96 Å². The Balaban J connectivity index is 0.00000141. The van der Waals surface area contributed by atoms with E-state index in [1.807, 2.05) is 31.2 Å². The maximum atomic E-state index is 11.9. The molecule has 1 aromatic carbocycles. The first-order valence-corrected chi connectivity index (χ1v) is 9.81. The van der Waals surface area contributed by atoms with Crippen LogP contribution in [-0.4, -0.2) is 18.5 Å². The van der Waals surface area contributed by atoms with Gasteiger partial charge in [-0.1, -0.05) is 82.9 Å². The van der Waals surface area contributed by atoms with E-state index in [1.165, 1.54) is 51.4 Å². The molecule has 1 rings (SSSR count). The molecule has 5 nitrogen and oxygen atoms in total. The van der Waals surface area contributed by atoms with Crippen LogP contribution < -0.4 is 11.5 Å². The molecular weight excluding hydrogens is 326 g/mol. The normalized spacial score (nSPS) is 9.92. The number of nitrogens with one attached hydrogen (secondary N) is 1. The first-order valence-electron chi connectivity index (χ1n) is 9.81. The highest BCUT2D eigenvalue weighted by Crippen LogP contribution is 2.12. The van der Waals surface area contributed by atoms with Crippen molar-refractivity contribution < 1.29 is 9.53 Å². The number of ether oxygens (including phenoxy) is 1. The van der Waals surface area contributed by atoms with E-state index in [1.54, 1.807) is 0 Å². The molecule has 0 saturated carbocycles. The first kappa shape index (κ1) is 24.0. The van der Waals surface area contributed by atoms with Crippen LogP contribution >= 0.6 is 0 Å². The van der Waals surface area contributed by atoms with Crippen molar-refractivity contribution in [2.24, 2.45) is 11.5 Å². The number of guanidine groups is 1. The van der Waals surface area contributed by atoms with E-state index >= 15 is 0 Å². The summed E-state index contributed by atoms with van der Waals surface area (Å²) in [6, 6.07) is 7.59. The average Bonchev–Trinajstić information content (AvgIpc) is 2.59. The molecule has 0 unspecified atom stereocenters. The van der Waals surface area contributed by atoms with Crippen LogP contribution in [0.1, 0.15) is 87.1 Å². The Labute approximate surface area is 159 Å². The fourth-order valence-electron chi connectivity index (χ4n) is 2.63. The Morgan fingerprint density at radius 3 is 1.88 bits per heavy atom. The average molecular weight is 364 g/mol. The highest BCUT2D eigenvalue weighted by atomic mass is 16.5. The highest BCUT2D eigenvalue weighted by molar-refractivity contribution is 5.90. The summed E-state index contributed by atoms with van der Waals surface area (Å²) < 4.78 is 5.34. The Hall–Kier alpha value is -2.04. The third kappa shape index (κ3) is 14.3. The Morgan fingerprint density at radius 1 is 0.923 bits per heavy atom. The number of nitrogens with two attached hydrogens (primary N) is 2. The van der Waals surface area contributed by atoms with Crippen molar-refractivity contribution in [1.82, 2.24) is 0 Å². The summed E-state index contributed by atoms with van der Waals surface area (Å²) in [4.78, 5) is 11.9. The van der Waals surface area contributed by atoms with E-state index in [-0.39, 0.29) is 11.9 Å². The lowest BCUT2D eigenvalue weighted by Crippen LogP contribution is -2.20. The van der Waals surface area contributed by atoms with Crippen LogP contribution in [0.25, 0.3) is 0 Å². The standard InChI is InChI=1S/C20H32O2.CH5N3/c1-3-4-5-6-7-8-9-10-11-14-17-22-20(21)19-16-13-12-15-18(19)2;2-1(3)4/h12-13,15-16H,3-11,14,17H2,1-2H3;(H5,2,3,4). The fourth-order valence-corrected chi connectivity index (χ4v) is 2.63. The zero-order valence-corrected chi connectivity index (χ0v) is 16.6. The Morgan fingerprint density at radius 2 is 1.38 bits per heavy atom. The van der Waals surface area contributed by atoms with Gasteiger partial charge < -0.3 is 16.2 Å². The van der Waals surface area contributed by atoms with Crippen molar-refractivity contribution >= 4 is 11.9 Å². The van der Waals surface area contributed by atoms with Gasteiger partial charge in [0, 0.05) is 0 Å². The number of carbonyl (C=O) groups is 1. The van der Waals surface area contributed by atoms with Crippen molar-refractivity contribution in [1.29, 1.82) is 5.41 Å². The summed E-state index contributed by atoms with van der Waals surface area (Å²) in [5, 5.41) is 6.06. The summed E-state index contributed by atoms with van der Waals surface area (Å²) in [6.07, 6.45) is 12.9. The lowest BCUT2D eigenvalue weighted by Gasteiger charge is -2.07. The van der Waals surface area contributed by atoms with Crippen molar-refractivity contribution in [2.45, 2.75) is 78.1 Å². The number of unbranched alkanes of at least 4 members (excludes halogenated alkanes) is 9. The van der Waals surface area contributed by atoms with Crippen molar-refractivity contribution in [3.05, 3.63) is 35.4 Å². The molecule has 1 aromatic rings. The van der Waals surface area contributed by atoms with Crippen LogP contribution in [0.3, 0.4) is 0 Å². The van der Waals surface area contributed by atoms with E-state index in [4.69, 9.17) is 10.1 Å².